The van der Waals surface area contributed by atoms with Gasteiger partial charge in [-0.1, -0.05) is 30.0 Å². The number of phosphoric acid groups is 3. The van der Waals surface area contributed by atoms with Crippen molar-refractivity contribution in [1.29, 1.82) is 0 Å². The zero-order valence-electron chi connectivity index (χ0n) is 38.9. The van der Waals surface area contributed by atoms with Gasteiger partial charge in [0, 0.05) is 60.9 Å². The molecule has 0 spiro atoms. The zero-order valence-corrected chi connectivity index (χ0v) is 43.3. The van der Waals surface area contributed by atoms with Crippen molar-refractivity contribution in [2.45, 2.75) is 61.7 Å². The molecule has 6 rings (SSSR count). The molecule has 0 radical (unpaired) electrons. The van der Waals surface area contributed by atoms with Crippen LogP contribution in [0.1, 0.15) is 61.7 Å². The predicted octanol–water partition coefficient (Wildman–Crippen LogP) is 0.679. The summed E-state index contributed by atoms with van der Waals surface area (Å²) in [7, 11) is -25.8. The number of amides is 2. The average molecular weight is 1130 g/mol. The maximum absolute atomic E-state index is 14.2. The quantitative estimate of drug-likeness (QED) is 0.0224. The minimum Gasteiger partial charge on any atom is -0.744 e. The highest BCUT2D eigenvalue weighted by Crippen LogP contribution is 2.66. The van der Waals surface area contributed by atoms with Crippen molar-refractivity contribution in [2.24, 2.45) is 0 Å². The van der Waals surface area contributed by atoms with Crippen LogP contribution in [-0.4, -0.2) is 118 Å². The summed E-state index contributed by atoms with van der Waals surface area (Å²) in [4.78, 5) is 93.3. The Morgan fingerprint density at radius 2 is 1.69 bits per heavy atom. The van der Waals surface area contributed by atoms with E-state index in [1.807, 2.05) is 0 Å². The Bertz CT molecular complexity index is 3620. The molecule has 1 fully saturated rings. The molecule has 1 aromatic heterocycles. The first-order valence-corrected chi connectivity index (χ1v) is 29.1. The van der Waals surface area contributed by atoms with E-state index in [-0.39, 0.29) is 96.1 Å². The van der Waals surface area contributed by atoms with Crippen molar-refractivity contribution in [3.63, 3.8) is 0 Å². The number of aromatic nitrogens is 2. The highest BCUT2D eigenvalue weighted by molar-refractivity contribution is 7.86. The number of aromatic amines is 1. The molecule has 9 N–H and O–H groups in total. The molecule has 4 atom stereocenters. The van der Waals surface area contributed by atoms with Crippen molar-refractivity contribution in [3.8, 4) is 34.3 Å². The summed E-state index contributed by atoms with van der Waals surface area (Å²) < 4.78 is 134. The number of nitrogens with zero attached hydrogens (tertiary/aromatic N) is 2. The molecule has 3 aromatic rings. The van der Waals surface area contributed by atoms with Gasteiger partial charge in [0.25, 0.3) is 11.5 Å². The molecule has 0 bridgehead atoms. The summed E-state index contributed by atoms with van der Waals surface area (Å²) in [6.45, 7) is 2.65. The third-order valence-electron chi connectivity index (χ3n) is 10.7. The van der Waals surface area contributed by atoms with Crippen LogP contribution in [0.25, 0.3) is 33.4 Å². The third-order valence-corrected chi connectivity index (χ3v) is 16.3. The van der Waals surface area contributed by atoms with Gasteiger partial charge in [0.05, 0.1) is 24.9 Å². The highest BCUT2D eigenvalue weighted by Gasteiger charge is 2.42. The molecular formula is C41H47N6O22P3S2. The number of rotatable bonds is 20. The van der Waals surface area contributed by atoms with Crippen LogP contribution in [0.4, 0.5) is 5.69 Å². The average Bonchev–Trinajstić information content (AvgIpc) is 3.76. The standard InChI is InChI=1S/C41H47N6O22P3S2/c1-4-42-30-17-15-28-34(29-16-18-31(43-5-2)38(74(62,63)64)36(29)67-35(28)37(30)73(59,60)61)26-11-6-7-12-27(26)40(50)46(3)21-9-13-32(48)44-20-8-10-24-22-47(41(51)45-39(24)49)33-19-14-25(66-33)23-65-71(55,56)69-72(57,58)68-70(52,53)54/h6-7,11-12,15-18,22,25,33,42H,4-5,9,13-14,19-21,23H2,1-3H3,(H,44,48)(H,55,56)(H,57,58)(H,45,49,51)(H2,52,53,54)(H,59,60,61)(H,62,63,64)/t25-,33+/m0/s1. The fraction of sp³-hybridized carbons (Fsp3) is 0.341. The van der Waals surface area contributed by atoms with E-state index in [9.17, 15) is 68.6 Å². The van der Waals surface area contributed by atoms with Crippen molar-refractivity contribution in [2.75, 3.05) is 45.2 Å². The normalized spacial score (nSPS) is 17.1. The lowest BCUT2D eigenvalue weighted by molar-refractivity contribution is -0.498. The van der Waals surface area contributed by atoms with Gasteiger partial charge in [0.1, 0.15) is 33.3 Å². The minimum atomic E-state index is -5.76. The summed E-state index contributed by atoms with van der Waals surface area (Å²) in [5.74, 6) is 3.53. The summed E-state index contributed by atoms with van der Waals surface area (Å²) in [6.07, 6.45) is -0.861. The number of carbonyl (C=O) groups is 2. The number of ether oxygens (including phenoxy) is 1. The Hall–Kier alpha value is -5.70. The molecule has 0 saturated carbocycles. The SMILES string of the molecule is CCNc1ccc2c(-c3ccccc3C(=O)N(C)CCCC(=O)NCC#Cc3cn([C@H]4CC[C@@H](COP(=O)(O)OP(=O)(O)OP(=O)(O)O)O4)c(=O)[nH]c3=O)c3ccc(=[NH+]CC)c(S(=O)(=O)O)c-3oc2c1S(=O)(=O)[O-]. The largest absolute Gasteiger partial charge is 0.744 e. The van der Waals surface area contributed by atoms with Crippen molar-refractivity contribution in [3.05, 3.63) is 92.0 Å². The van der Waals surface area contributed by atoms with Gasteiger partial charge in [-0.15, -0.1) is 0 Å². The molecule has 2 unspecified atom stereocenters. The highest BCUT2D eigenvalue weighted by atomic mass is 32.2. The summed E-state index contributed by atoms with van der Waals surface area (Å²) in [6, 6.07) is 11.7. The number of anilines is 1. The maximum Gasteiger partial charge on any atom is 0.490 e. The molecule has 2 aliphatic heterocycles. The first-order valence-electron chi connectivity index (χ1n) is 21.7. The lowest BCUT2D eigenvalue weighted by Gasteiger charge is -2.23. The van der Waals surface area contributed by atoms with E-state index in [1.54, 1.807) is 26.0 Å². The number of fused-ring (bicyclic) bond motifs is 2. The number of carbonyl (C=O) groups excluding carboxylic acids is 2. The molecular weight excluding hydrogens is 1090 g/mol. The Kier molecular flexibility index (Phi) is 17.9. The van der Waals surface area contributed by atoms with E-state index in [0.29, 0.717) is 0 Å². The van der Waals surface area contributed by atoms with Crippen LogP contribution in [-0.2, 0) is 56.6 Å². The molecule has 1 aliphatic carbocycles. The molecule has 3 heterocycles. The number of H-pyrrole nitrogens is 1. The van der Waals surface area contributed by atoms with Gasteiger partial charge in [-0.25, -0.2) is 31.9 Å². The lowest BCUT2D eigenvalue weighted by Crippen LogP contribution is -2.76. The Labute approximate surface area is 419 Å². The zero-order chi connectivity index (χ0) is 54.6. The molecule has 33 heteroatoms. The van der Waals surface area contributed by atoms with Crippen LogP contribution in [0.5, 0.6) is 0 Å². The number of nitrogens with one attached hydrogen (secondary N) is 4. The van der Waals surface area contributed by atoms with Crippen molar-refractivity contribution in [1.82, 2.24) is 19.8 Å². The third kappa shape index (κ3) is 14.2. The fourth-order valence-electron chi connectivity index (χ4n) is 7.75. The maximum atomic E-state index is 14.2. The summed E-state index contributed by atoms with van der Waals surface area (Å²) in [5, 5.41) is 5.26. The van der Waals surface area contributed by atoms with Crippen LogP contribution < -0.4 is 32.2 Å². The number of hydrogen-bond donors (Lipinski definition) is 9. The first kappa shape index (κ1) is 57.6. The Morgan fingerprint density at radius 3 is 2.35 bits per heavy atom. The molecule has 2 aromatic carbocycles. The van der Waals surface area contributed by atoms with E-state index in [4.69, 9.17) is 18.9 Å². The predicted molar refractivity (Wildman–Crippen MR) is 255 cm³/mol. The number of phosphoric ester groups is 1. The molecule has 400 valence electrons. The van der Waals surface area contributed by atoms with Gasteiger partial charge in [-0.05, 0) is 62.9 Å². The van der Waals surface area contributed by atoms with Crippen LogP contribution >= 0.6 is 23.5 Å². The van der Waals surface area contributed by atoms with Crippen LogP contribution in [0.2, 0.25) is 0 Å². The first-order chi connectivity index (χ1) is 34.5. The number of hydrogen-bond acceptors (Lipinski definition) is 18. The van der Waals surface area contributed by atoms with E-state index in [0.717, 1.165) is 10.8 Å². The molecule has 1 saturated heterocycles. The van der Waals surface area contributed by atoms with Crippen LogP contribution in [0, 0.1) is 11.8 Å². The van der Waals surface area contributed by atoms with Gasteiger partial charge in [-0.3, -0.25) is 33.0 Å². The van der Waals surface area contributed by atoms with Gasteiger partial charge in [0.15, 0.2) is 11.3 Å². The summed E-state index contributed by atoms with van der Waals surface area (Å²) >= 11 is 0. The second-order valence-electron chi connectivity index (χ2n) is 15.9. The van der Waals surface area contributed by atoms with E-state index in [1.165, 1.54) is 48.3 Å². The smallest absolute Gasteiger partial charge is 0.490 e. The van der Waals surface area contributed by atoms with Crippen molar-refractivity contribution < 1.29 is 96.1 Å². The number of benzene rings is 3. The van der Waals surface area contributed by atoms with Gasteiger partial charge in [0.2, 0.25) is 16.2 Å². The molecule has 74 heavy (non-hydrogen) atoms. The minimum absolute atomic E-state index is 0.00913. The summed E-state index contributed by atoms with van der Waals surface area (Å²) in [5.41, 5.74) is -2.39. The van der Waals surface area contributed by atoms with Gasteiger partial charge < -0.3 is 48.8 Å². The van der Waals surface area contributed by atoms with E-state index in [2.05, 4.69) is 45.6 Å². The molecule has 2 amide bonds. The van der Waals surface area contributed by atoms with Crippen LogP contribution in [0.3, 0.4) is 0 Å². The Morgan fingerprint density at radius 1 is 0.973 bits per heavy atom. The van der Waals surface area contributed by atoms with Gasteiger partial charge >= 0.3 is 39.3 Å². The Balaban J connectivity index is 1.14. The second-order valence-corrected chi connectivity index (χ2v) is 23.0. The van der Waals surface area contributed by atoms with E-state index >= 15 is 0 Å². The van der Waals surface area contributed by atoms with E-state index < -0.39 is 107 Å². The van der Waals surface area contributed by atoms with Gasteiger partial charge in [-0.2, -0.15) is 17.0 Å². The fourth-order valence-corrected chi connectivity index (χ4v) is 12.4. The van der Waals surface area contributed by atoms with Crippen molar-refractivity contribution >= 4 is 72.2 Å². The monoisotopic (exact) mass is 1130 g/mol. The second kappa shape index (κ2) is 23.0. The topological polar surface area (TPSA) is 424 Å². The lowest BCUT2D eigenvalue weighted by atomic mass is 9.90. The molecule has 3 aliphatic rings. The molecule has 28 nitrogen and oxygen atoms in total. The van der Waals surface area contributed by atoms with Crippen LogP contribution in [0.15, 0.2) is 78.5 Å².